The zero-order chi connectivity index (χ0) is 17.6. The molecule has 0 aliphatic heterocycles. The maximum absolute atomic E-state index is 12.1. The molecule has 2 N–H and O–H groups in total. The van der Waals surface area contributed by atoms with Crippen LogP contribution in [0.5, 0.6) is 5.75 Å². The van der Waals surface area contributed by atoms with E-state index < -0.39 is 6.10 Å². The fourth-order valence-corrected chi connectivity index (χ4v) is 2.32. The lowest BCUT2D eigenvalue weighted by Crippen LogP contribution is -2.33. The Morgan fingerprint density at radius 2 is 2.04 bits per heavy atom. The first-order chi connectivity index (χ1) is 12.2. The van der Waals surface area contributed by atoms with Crippen molar-refractivity contribution in [2.24, 2.45) is 5.10 Å². The zero-order valence-electron chi connectivity index (χ0n) is 13.6. The number of ether oxygens (including phenoxy) is 1. The van der Waals surface area contributed by atoms with Crippen molar-refractivity contribution >= 4 is 23.0 Å². The smallest absolute Gasteiger partial charge is 0.280 e. The van der Waals surface area contributed by atoms with Crippen LogP contribution in [-0.4, -0.2) is 23.2 Å². The number of aromatic amines is 1. The van der Waals surface area contributed by atoms with Gasteiger partial charge in [-0.1, -0.05) is 18.2 Å². The van der Waals surface area contributed by atoms with Gasteiger partial charge in [-0.25, -0.2) is 5.43 Å². The van der Waals surface area contributed by atoms with E-state index in [0.717, 1.165) is 16.5 Å². The lowest BCUT2D eigenvalue weighted by Gasteiger charge is -2.12. The predicted molar refractivity (Wildman–Crippen MR) is 95.3 cm³/mol. The predicted octanol–water partition coefficient (Wildman–Crippen LogP) is 2.96. The molecule has 0 saturated heterocycles. The fraction of sp³-hybridized carbons (Fsp3) is 0.105. The summed E-state index contributed by atoms with van der Waals surface area (Å²) in [7, 11) is 0. The second-order valence-corrected chi connectivity index (χ2v) is 5.42. The third-order valence-electron chi connectivity index (χ3n) is 3.67. The van der Waals surface area contributed by atoms with Gasteiger partial charge < -0.3 is 9.72 Å². The minimum Gasteiger partial charge on any atom is -0.481 e. The summed E-state index contributed by atoms with van der Waals surface area (Å²) in [6.45, 7) is 1.63. The van der Waals surface area contributed by atoms with Crippen LogP contribution in [0.2, 0.25) is 0 Å². The molecule has 3 aromatic rings. The third kappa shape index (κ3) is 3.85. The van der Waals surface area contributed by atoms with Crippen LogP contribution < -0.4 is 10.2 Å². The molecule has 0 aliphatic carbocycles. The van der Waals surface area contributed by atoms with Gasteiger partial charge in [-0.05, 0) is 37.3 Å². The average molecular weight is 332 g/mol. The molecule has 0 bridgehead atoms. The van der Waals surface area contributed by atoms with E-state index in [1.807, 2.05) is 36.5 Å². The third-order valence-corrected chi connectivity index (χ3v) is 3.67. The van der Waals surface area contributed by atoms with Gasteiger partial charge in [-0.15, -0.1) is 0 Å². The quantitative estimate of drug-likeness (QED) is 0.556. The first kappa shape index (κ1) is 16.3. The first-order valence-corrected chi connectivity index (χ1v) is 7.73. The summed E-state index contributed by atoms with van der Waals surface area (Å²) < 4.78 is 5.53. The summed E-state index contributed by atoms with van der Waals surface area (Å²) in [4.78, 5) is 15.2. The molecule has 0 spiro atoms. The van der Waals surface area contributed by atoms with Crippen LogP contribution >= 0.6 is 0 Å². The Bertz CT molecular complexity index is 951. The molecule has 2 aromatic carbocycles. The number of carbonyl (C=O) groups excluding carboxylic acids is 1. The minimum absolute atomic E-state index is 0.361. The molecule has 1 aromatic heterocycles. The van der Waals surface area contributed by atoms with Crippen LogP contribution in [0.3, 0.4) is 0 Å². The summed E-state index contributed by atoms with van der Waals surface area (Å²) in [6, 6.07) is 16.4. The molecule has 1 heterocycles. The molecule has 0 saturated carbocycles. The molecular weight excluding hydrogens is 316 g/mol. The van der Waals surface area contributed by atoms with Gasteiger partial charge in [0.1, 0.15) is 5.75 Å². The van der Waals surface area contributed by atoms with E-state index in [0.29, 0.717) is 11.3 Å². The normalized spacial score (nSPS) is 12.0. The second kappa shape index (κ2) is 7.32. The Morgan fingerprint density at radius 3 is 2.80 bits per heavy atom. The van der Waals surface area contributed by atoms with Gasteiger partial charge in [0, 0.05) is 22.7 Å². The number of benzene rings is 2. The Kier molecular flexibility index (Phi) is 4.77. The number of hydrazone groups is 1. The zero-order valence-corrected chi connectivity index (χ0v) is 13.6. The highest BCUT2D eigenvalue weighted by atomic mass is 16.5. The SMILES string of the molecule is CC(Oc1ccc(C#N)cc1)C(=O)N/N=C/c1c[nH]c2ccccc12. The number of para-hydroxylation sites is 1. The van der Waals surface area contributed by atoms with E-state index in [2.05, 4.69) is 15.5 Å². The molecule has 1 unspecified atom stereocenters. The number of amides is 1. The molecule has 6 nitrogen and oxygen atoms in total. The minimum atomic E-state index is -0.715. The number of rotatable bonds is 5. The van der Waals surface area contributed by atoms with Crippen molar-refractivity contribution in [3.8, 4) is 11.8 Å². The molecular formula is C19H16N4O2. The number of nitrogens with one attached hydrogen (secondary N) is 2. The molecule has 0 radical (unpaired) electrons. The Hall–Kier alpha value is -3.59. The van der Waals surface area contributed by atoms with E-state index in [1.54, 1.807) is 37.4 Å². The van der Waals surface area contributed by atoms with Crippen LogP contribution in [0, 0.1) is 11.3 Å². The average Bonchev–Trinajstić information content (AvgIpc) is 3.05. The molecule has 0 aliphatic rings. The topological polar surface area (TPSA) is 90.3 Å². The van der Waals surface area contributed by atoms with Crippen molar-refractivity contribution in [2.75, 3.05) is 0 Å². The van der Waals surface area contributed by atoms with E-state index in [4.69, 9.17) is 10.00 Å². The highest BCUT2D eigenvalue weighted by molar-refractivity contribution is 5.99. The first-order valence-electron chi connectivity index (χ1n) is 7.73. The lowest BCUT2D eigenvalue weighted by atomic mass is 10.2. The summed E-state index contributed by atoms with van der Waals surface area (Å²) in [5.74, 6) is 0.155. The standard InChI is InChI=1S/C19H16N4O2/c1-13(25-16-8-6-14(10-20)7-9-16)19(24)23-22-12-15-11-21-18-5-3-2-4-17(15)18/h2-9,11-13,21H,1H3,(H,23,24)/b22-12+. The number of carbonyl (C=O) groups is 1. The van der Waals surface area contributed by atoms with Crippen molar-refractivity contribution in [2.45, 2.75) is 13.0 Å². The number of aromatic nitrogens is 1. The van der Waals surface area contributed by atoms with Gasteiger partial charge in [0.05, 0.1) is 17.8 Å². The Labute approximate surface area is 144 Å². The summed E-state index contributed by atoms with van der Waals surface area (Å²) in [5.41, 5.74) is 4.90. The van der Waals surface area contributed by atoms with Crippen molar-refractivity contribution < 1.29 is 9.53 Å². The summed E-state index contributed by atoms with van der Waals surface area (Å²) >= 11 is 0. The molecule has 25 heavy (non-hydrogen) atoms. The maximum atomic E-state index is 12.1. The highest BCUT2D eigenvalue weighted by Gasteiger charge is 2.13. The Balaban J connectivity index is 1.58. The molecule has 6 heteroatoms. The number of nitriles is 1. The van der Waals surface area contributed by atoms with Gasteiger partial charge in [-0.3, -0.25) is 4.79 Å². The largest absolute Gasteiger partial charge is 0.481 e. The van der Waals surface area contributed by atoms with Crippen LogP contribution in [0.25, 0.3) is 10.9 Å². The van der Waals surface area contributed by atoms with Crippen molar-refractivity contribution in [3.63, 3.8) is 0 Å². The molecule has 1 amide bonds. The molecule has 124 valence electrons. The summed E-state index contributed by atoms with van der Waals surface area (Å²) in [6.07, 6.45) is 2.70. The van der Waals surface area contributed by atoms with Gasteiger partial charge in [0.15, 0.2) is 6.10 Å². The van der Waals surface area contributed by atoms with Gasteiger partial charge >= 0.3 is 0 Å². The van der Waals surface area contributed by atoms with Crippen LogP contribution in [0.15, 0.2) is 59.8 Å². The molecule has 0 fully saturated rings. The van der Waals surface area contributed by atoms with Crippen molar-refractivity contribution in [1.29, 1.82) is 5.26 Å². The monoisotopic (exact) mass is 332 g/mol. The number of hydrogen-bond acceptors (Lipinski definition) is 4. The van der Waals surface area contributed by atoms with Gasteiger partial charge in [0.25, 0.3) is 5.91 Å². The second-order valence-electron chi connectivity index (χ2n) is 5.42. The van der Waals surface area contributed by atoms with Crippen LogP contribution in [-0.2, 0) is 4.79 Å². The van der Waals surface area contributed by atoms with E-state index >= 15 is 0 Å². The van der Waals surface area contributed by atoms with Crippen molar-refractivity contribution in [3.05, 3.63) is 65.9 Å². The number of fused-ring (bicyclic) bond motifs is 1. The molecule has 3 rings (SSSR count). The van der Waals surface area contributed by atoms with Gasteiger partial charge in [-0.2, -0.15) is 10.4 Å². The van der Waals surface area contributed by atoms with Crippen LogP contribution in [0.1, 0.15) is 18.1 Å². The number of H-pyrrole nitrogens is 1. The van der Waals surface area contributed by atoms with E-state index in [9.17, 15) is 4.79 Å². The maximum Gasteiger partial charge on any atom is 0.280 e. The molecule has 1 atom stereocenters. The van der Waals surface area contributed by atoms with Crippen molar-refractivity contribution in [1.82, 2.24) is 10.4 Å². The Morgan fingerprint density at radius 1 is 1.28 bits per heavy atom. The van der Waals surface area contributed by atoms with Crippen LogP contribution in [0.4, 0.5) is 0 Å². The van der Waals surface area contributed by atoms with Gasteiger partial charge in [0.2, 0.25) is 0 Å². The number of hydrogen-bond donors (Lipinski definition) is 2. The summed E-state index contributed by atoms with van der Waals surface area (Å²) in [5, 5.41) is 13.8. The lowest BCUT2D eigenvalue weighted by molar-refractivity contribution is -0.127. The fourth-order valence-electron chi connectivity index (χ4n) is 2.32. The highest BCUT2D eigenvalue weighted by Crippen LogP contribution is 2.16. The van der Waals surface area contributed by atoms with E-state index in [1.165, 1.54) is 0 Å². The van der Waals surface area contributed by atoms with E-state index in [-0.39, 0.29) is 5.91 Å². The number of nitrogens with zero attached hydrogens (tertiary/aromatic N) is 2.